The summed E-state index contributed by atoms with van der Waals surface area (Å²) in [5, 5.41) is 3.59. The number of pyridine rings is 2. The van der Waals surface area contributed by atoms with E-state index in [0.717, 1.165) is 48.0 Å². The van der Waals surface area contributed by atoms with Crippen molar-refractivity contribution < 1.29 is 14.3 Å². The highest BCUT2D eigenvalue weighted by Crippen LogP contribution is 2.28. The van der Waals surface area contributed by atoms with Gasteiger partial charge in [0.15, 0.2) is 0 Å². The summed E-state index contributed by atoms with van der Waals surface area (Å²) in [7, 11) is 0. The first-order chi connectivity index (χ1) is 22.5. The number of fused-ring (bicyclic) bond motifs is 1. The molecule has 4 aromatic rings. The maximum atomic E-state index is 13.9. The van der Waals surface area contributed by atoms with E-state index in [-0.39, 0.29) is 23.7 Å². The van der Waals surface area contributed by atoms with E-state index in [4.69, 9.17) is 21.3 Å². The molecule has 0 atom stereocenters. The molecule has 0 unspecified atom stereocenters. The summed E-state index contributed by atoms with van der Waals surface area (Å²) in [5.41, 5.74) is 4.86. The van der Waals surface area contributed by atoms with Crippen molar-refractivity contribution in [3.8, 4) is 5.69 Å². The van der Waals surface area contributed by atoms with Crippen LogP contribution < -0.4 is 11.0 Å². The maximum Gasteiger partial charge on any atom is 0.410 e. The number of carbonyl (C=O) groups is 2. The minimum atomic E-state index is -0.533. The van der Waals surface area contributed by atoms with Gasteiger partial charge in [-0.15, -0.1) is 0 Å². The predicted molar refractivity (Wildman–Crippen MR) is 183 cm³/mol. The molecule has 4 heterocycles. The van der Waals surface area contributed by atoms with Crippen LogP contribution in [0.4, 0.5) is 4.79 Å². The molecule has 0 radical (unpaired) electrons. The number of nitrogens with one attached hydrogen (secondary N) is 1. The molecule has 1 aromatic carbocycles. The Kier molecular flexibility index (Phi) is 9.23. The van der Waals surface area contributed by atoms with Crippen LogP contribution in [0.2, 0.25) is 5.02 Å². The summed E-state index contributed by atoms with van der Waals surface area (Å²) in [6, 6.07) is 13.5. The molecule has 0 spiro atoms. The molecular formula is C36H41ClN6O4. The average Bonchev–Trinajstić information content (AvgIpc) is 3.33. The number of para-hydroxylation sites is 2. The van der Waals surface area contributed by atoms with E-state index in [1.807, 2.05) is 67.8 Å². The van der Waals surface area contributed by atoms with Gasteiger partial charge in [-0.2, -0.15) is 0 Å². The van der Waals surface area contributed by atoms with Gasteiger partial charge < -0.3 is 15.0 Å². The van der Waals surface area contributed by atoms with E-state index in [1.54, 1.807) is 34.9 Å². The van der Waals surface area contributed by atoms with Gasteiger partial charge in [0, 0.05) is 31.9 Å². The standard InChI is InChI=1S/C36H41ClN6O4/c1-23-29(19-26(37)20-38-23)33(44)40-27-11-9-24(10-12-27)22-42-31-7-5-6-8-32(31)43(34(42)45)28-13-14-30(39-21-28)25-15-17-41(18-16-25)35(46)47-36(2,3)4/h5-8,13-15,19-21,24,27H,9-12,16-18,22H2,1-4H3,(H,40,44). The fourth-order valence-electron chi connectivity index (χ4n) is 6.48. The van der Waals surface area contributed by atoms with E-state index in [0.29, 0.717) is 53.9 Å². The molecule has 1 N–H and O–H groups in total. The van der Waals surface area contributed by atoms with Crippen LogP contribution in [0.25, 0.3) is 22.3 Å². The van der Waals surface area contributed by atoms with Crippen molar-refractivity contribution in [2.45, 2.75) is 78.0 Å². The minimum Gasteiger partial charge on any atom is -0.444 e. The Morgan fingerprint density at radius 3 is 2.43 bits per heavy atom. The van der Waals surface area contributed by atoms with Gasteiger partial charge in [0.25, 0.3) is 5.91 Å². The Hall–Kier alpha value is -4.44. The van der Waals surface area contributed by atoms with Gasteiger partial charge in [0.05, 0.1) is 44.9 Å². The van der Waals surface area contributed by atoms with Gasteiger partial charge in [-0.05, 0) is 102 Å². The third-order valence-electron chi connectivity index (χ3n) is 8.95. The van der Waals surface area contributed by atoms with Gasteiger partial charge in [0.1, 0.15) is 5.60 Å². The first-order valence-corrected chi connectivity index (χ1v) is 16.6. The first-order valence-electron chi connectivity index (χ1n) is 16.2. The van der Waals surface area contributed by atoms with Crippen molar-refractivity contribution >= 4 is 40.2 Å². The number of rotatable bonds is 6. The van der Waals surface area contributed by atoms with Crippen LogP contribution in [-0.2, 0) is 11.3 Å². The van der Waals surface area contributed by atoms with Crippen LogP contribution >= 0.6 is 11.6 Å². The Bertz CT molecular complexity index is 1880. The van der Waals surface area contributed by atoms with Crippen molar-refractivity contribution in [1.29, 1.82) is 0 Å². The smallest absolute Gasteiger partial charge is 0.410 e. The number of imidazole rings is 1. The summed E-state index contributed by atoms with van der Waals surface area (Å²) in [6.45, 7) is 9.03. The van der Waals surface area contributed by atoms with Crippen LogP contribution in [0.1, 0.15) is 74.6 Å². The number of nitrogens with zero attached hydrogens (tertiary/aromatic N) is 5. The van der Waals surface area contributed by atoms with Crippen LogP contribution in [0.15, 0.2) is 65.7 Å². The lowest BCUT2D eigenvalue weighted by Crippen LogP contribution is -2.39. The second-order valence-electron chi connectivity index (χ2n) is 13.5. The van der Waals surface area contributed by atoms with Gasteiger partial charge in [-0.1, -0.05) is 29.8 Å². The van der Waals surface area contributed by atoms with Crippen molar-refractivity contribution in [2.24, 2.45) is 5.92 Å². The van der Waals surface area contributed by atoms with Crippen LogP contribution in [0.3, 0.4) is 0 Å². The summed E-state index contributed by atoms with van der Waals surface area (Å²) in [5.74, 6) is 0.163. The zero-order chi connectivity index (χ0) is 33.3. The lowest BCUT2D eigenvalue weighted by Gasteiger charge is -2.29. The van der Waals surface area contributed by atoms with Crippen molar-refractivity contribution in [3.63, 3.8) is 0 Å². The molecule has 2 aliphatic rings. The molecule has 6 rings (SSSR count). The summed E-state index contributed by atoms with van der Waals surface area (Å²) in [4.78, 5) is 49.9. The molecule has 0 saturated heterocycles. The molecule has 1 aliphatic carbocycles. The summed E-state index contributed by atoms with van der Waals surface area (Å²) in [6.07, 6.45) is 9.16. The van der Waals surface area contributed by atoms with Gasteiger partial charge >= 0.3 is 11.8 Å². The predicted octanol–water partition coefficient (Wildman–Crippen LogP) is 6.56. The summed E-state index contributed by atoms with van der Waals surface area (Å²) >= 11 is 6.07. The second-order valence-corrected chi connectivity index (χ2v) is 13.9. The normalized spacial score (nSPS) is 18.6. The zero-order valence-electron chi connectivity index (χ0n) is 27.3. The fourth-order valence-corrected chi connectivity index (χ4v) is 6.64. The average molecular weight is 657 g/mol. The Labute approximate surface area is 279 Å². The van der Waals surface area contributed by atoms with E-state index in [2.05, 4.69) is 10.3 Å². The molecule has 246 valence electrons. The third-order valence-corrected chi connectivity index (χ3v) is 9.16. The van der Waals surface area contributed by atoms with Crippen molar-refractivity contribution in [2.75, 3.05) is 13.1 Å². The van der Waals surface area contributed by atoms with E-state index < -0.39 is 5.60 Å². The number of carbonyl (C=O) groups excluding carboxylic acids is 2. The first kappa shape index (κ1) is 32.5. The Morgan fingerprint density at radius 1 is 1.02 bits per heavy atom. The highest BCUT2D eigenvalue weighted by Gasteiger charge is 2.27. The molecule has 0 bridgehead atoms. The molecule has 1 fully saturated rings. The van der Waals surface area contributed by atoms with Gasteiger partial charge in [-0.25, -0.2) is 9.59 Å². The Balaban J connectivity index is 1.13. The zero-order valence-corrected chi connectivity index (χ0v) is 28.1. The van der Waals surface area contributed by atoms with Gasteiger partial charge in [0.2, 0.25) is 0 Å². The molecule has 1 aliphatic heterocycles. The van der Waals surface area contributed by atoms with Crippen molar-refractivity contribution in [3.05, 3.63) is 93.4 Å². The van der Waals surface area contributed by atoms with E-state index in [1.165, 1.54) is 0 Å². The summed E-state index contributed by atoms with van der Waals surface area (Å²) < 4.78 is 9.12. The number of aromatic nitrogens is 4. The molecule has 10 nitrogen and oxygen atoms in total. The number of hydrogen-bond acceptors (Lipinski definition) is 6. The number of hydrogen-bond donors (Lipinski definition) is 1. The topological polar surface area (TPSA) is 111 Å². The van der Waals surface area contributed by atoms with E-state index >= 15 is 0 Å². The molecule has 11 heteroatoms. The minimum absolute atomic E-state index is 0.0689. The van der Waals surface area contributed by atoms with Gasteiger partial charge in [-0.3, -0.25) is 23.9 Å². The fraction of sp³-hybridized carbons (Fsp3) is 0.417. The molecule has 1 saturated carbocycles. The number of halogens is 1. The van der Waals surface area contributed by atoms with Crippen molar-refractivity contribution in [1.82, 2.24) is 29.3 Å². The molecule has 2 amide bonds. The molecular weight excluding hydrogens is 616 g/mol. The maximum absolute atomic E-state index is 13.9. The highest BCUT2D eigenvalue weighted by molar-refractivity contribution is 6.30. The highest BCUT2D eigenvalue weighted by atomic mass is 35.5. The molecule has 3 aromatic heterocycles. The number of ether oxygens (including phenoxy) is 1. The molecule has 47 heavy (non-hydrogen) atoms. The van der Waals surface area contributed by atoms with Crippen LogP contribution in [0, 0.1) is 12.8 Å². The van der Waals surface area contributed by atoms with E-state index in [9.17, 15) is 14.4 Å². The van der Waals surface area contributed by atoms with Crippen LogP contribution in [-0.4, -0.2) is 60.7 Å². The number of aryl methyl sites for hydroxylation is 1. The SMILES string of the molecule is Cc1ncc(Cl)cc1C(=O)NC1CCC(Cn2c(=O)n(-c3ccc(C4=CCN(C(=O)OC(C)(C)C)CC4)nc3)c3ccccc32)CC1. The van der Waals surface area contributed by atoms with Crippen LogP contribution in [0.5, 0.6) is 0 Å². The monoisotopic (exact) mass is 656 g/mol. The lowest BCUT2D eigenvalue weighted by molar-refractivity contribution is 0.0270. The second kappa shape index (κ2) is 13.4. The largest absolute Gasteiger partial charge is 0.444 e. The third kappa shape index (κ3) is 7.27. The number of benzene rings is 1. The lowest BCUT2D eigenvalue weighted by atomic mass is 9.85. The quantitative estimate of drug-likeness (QED) is 0.252. The number of amides is 2. The Morgan fingerprint density at radius 2 is 1.77 bits per heavy atom.